The van der Waals surface area contributed by atoms with Crippen LogP contribution in [0, 0.1) is 5.92 Å². The van der Waals surface area contributed by atoms with E-state index in [1.54, 1.807) is 0 Å². The molecule has 0 saturated heterocycles. The minimum absolute atomic E-state index is 0.0311. The van der Waals surface area contributed by atoms with E-state index in [0.29, 0.717) is 37.0 Å². The number of amides is 1. The average molecular weight is 300 g/mol. The van der Waals surface area contributed by atoms with Gasteiger partial charge >= 0.3 is 0 Å². The van der Waals surface area contributed by atoms with Crippen molar-refractivity contribution in [2.45, 2.75) is 40.2 Å². The summed E-state index contributed by atoms with van der Waals surface area (Å²) < 4.78 is 9.67. The number of nitrogen functional groups attached to an aromatic ring is 1. The smallest absolute Gasteiger partial charge is 0.221 e. The summed E-state index contributed by atoms with van der Waals surface area (Å²) >= 11 is 1.25. The highest BCUT2D eigenvalue weighted by Crippen LogP contribution is 2.35. The molecule has 0 fully saturated rings. The summed E-state index contributed by atoms with van der Waals surface area (Å²) in [5.74, 6) is 1.46. The Hall–Kier alpha value is -1.50. The molecule has 0 atom stereocenters. The molecule has 4 N–H and O–H groups in total. The van der Waals surface area contributed by atoms with Gasteiger partial charge in [0.05, 0.1) is 6.10 Å². The Kier molecular flexibility index (Phi) is 6.57. The number of nitrogens with one attached hydrogen (secondary N) is 2. The number of carbonyl (C=O) groups is 1. The lowest BCUT2D eigenvalue weighted by atomic mass is 10.2. The summed E-state index contributed by atoms with van der Waals surface area (Å²) in [6, 6.07) is 0. The van der Waals surface area contributed by atoms with Gasteiger partial charge in [-0.3, -0.25) is 4.79 Å². The molecular weight excluding hydrogens is 276 g/mol. The molecule has 114 valence electrons. The zero-order valence-electron chi connectivity index (χ0n) is 12.5. The van der Waals surface area contributed by atoms with Gasteiger partial charge in [-0.1, -0.05) is 13.8 Å². The van der Waals surface area contributed by atoms with E-state index in [1.807, 2.05) is 13.8 Å². The van der Waals surface area contributed by atoms with Gasteiger partial charge in [-0.05, 0) is 31.3 Å². The van der Waals surface area contributed by atoms with Gasteiger partial charge in [-0.25, -0.2) is 0 Å². The molecule has 1 amide bonds. The molecule has 1 aromatic heterocycles. The molecule has 0 bridgehead atoms. The number of hydrogen-bond donors (Lipinski definition) is 3. The first-order valence-corrected chi connectivity index (χ1v) is 7.59. The molecule has 0 aliphatic heterocycles. The summed E-state index contributed by atoms with van der Waals surface area (Å²) in [6.07, 6.45) is 0.439. The molecule has 1 heterocycles. The minimum Gasteiger partial charge on any atom is -0.484 e. The van der Waals surface area contributed by atoms with Crippen molar-refractivity contribution in [1.82, 2.24) is 9.69 Å². The Balaban J connectivity index is 2.40. The Morgan fingerprint density at radius 3 is 2.70 bits per heavy atom. The fraction of sp³-hybridized carbons (Fsp3) is 0.692. The molecular formula is C13H24N4O2S. The van der Waals surface area contributed by atoms with Crippen molar-refractivity contribution in [3.05, 3.63) is 0 Å². The molecule has 0 aliphatic rings. The summed E-state index contributed by atoms with van der Waals surface area (Å²) in [5, 5.41) is 6.79. The van der Waals surface area contributed by atoms with E-state index < -0.39 is 0 Å². The van der Waals surface area contributed by atoms with Crippen LogP contribution in [0.2, 0.25) is 0 Å². The molecule has 1 rings (SSSR count). The van der Waals surface area contributed by atoms with Gasteiger partial charge in [0.25, 0.3) is 0 Å². The van der Waals surface area contributed by atoms with Crippen molar-refractivity contribution in [1.29, 1.82) is 0 Å². The number of carbonyl (C=O) groups excluding carboxylic acids is 1. The van der Waals surface area contributed by atoms with Gasteiger partial charge in [0.15, 0.2) is 16.6 Å². The molecule has 1 aromatic rings. The quantitative estimate of drug-likeness (QED) is 0.684. The van der Waals surface area contributed by atoms with Crippen LogP contribution in [0.25, 0.3) is 0 Å². The van der Waals surface area contributed by atoms with Crippen LogP contribution >= 0.6 is 11.5 Å². The first-order chi connectivity index (χ1) is 9.40. The lowest BCUT2D eigenvalue weighted by Gasteiger charge is -2.12. The number of aromatic nitrogens is 1. The summed E-state index contributed by atoms with van der Waals surface area (Å²) in [4.78, 5) is 11.6. The third-order valence-electron chi connectivity index (χ3n) is 2.37. The topological polar surface area (TPSA) is 89.3 Å². The number of nitrogens with two attached hydrogens (primary N) is 1. The van der Waals surface area contributed by atoms with Crippen LogP contribution in [0.4, 0.5) is 10.8 Å². The zero-order valence-corrected chi connectivity index (χ0v) is 13.3. The highest BCUT2D eigenvalue weighted by Gasteiger charge is 2.14. The fourth-order valence-electron chi connectivity index (χ4n) is 1.45. The molecule has 0 radical (unpaired) electrons. The van der Waals surface area contributed by atoms with Crippen LogP contribution in [0.1, 0.15) is 34.1 Å². The Morgan fingerprint density at radius 2 is 2.10 bits per heavy atom. The SMILES string of the molecule is CC(C)CNC(=O)CCNc1snc(N)c1OC(C)C. The molecule has 0 spiro atoms. The monoisotopic (exact) mass is 300 g/mol. The van der Waals surface area contributed by atoms with Gasteiger partial charge < -0.3 is 21.1 Å². The third kappa shape index (κ3) is 5.64. The zero-order chi connectivity index (χ0) is 15.1. The van der Waals surface area contributed by atoms with Crippen molar-refractivity contribution in [3.8, 4) is 5.75 Å². The molecule has 6 nitrogen and oxygen atoms in total. The standard InChI is InChI=1S/C13H24N4O2S/c1-8(2)7-16-10(18)5-6-15-13-11(19-9(3)4)12(14)17-20-13/h8-9,15H,5-7H2,1-4H3,(H2,14,17)(H,16,18). The van der Waals surface area contributed by atoms with Crippen molar-refractivity contribution in [2.24, 2.45) is 5.92 Å². The molecule has 0 aromatic carbocycles. The lowest BCUT2D eigenvalue weighted by Crippen LogP contribution is -2.28. The second kappa shape index (κ2) is 7.94. The Labute approximate surface area is 124 Å². The first kappa shape index (κ1) is 16.6. The fourth-order valence-corrected chi connectivity index (χ4v) is 2.13. The molecule has 0 unspecified atom stereocenters. The molecule has 20 heavy (non-hydrogen) atoms. The van der Waals surface area contributed by atoms with E-state index in [-0.39, 0.29) is 12.0 Å². The van der Waals surface area contributed by atoms with Gasteiger partial charge in [0, 0.05) is 19.5 Å². The van der Waals surface area contributed by atoms with E-state index in [4.69, 9.17) is 10.5 Å². The first-order valence-electron chi connectivity index (χ1n) is 6.82. The van der Waals surface area contributed by atoms with Crippen LogP contribution in [0.3, 0.4) is 0 Å². The molecule has 7 heteroatoms. The summed E-state index contributed by atoms with van der Waals surface area (Å²) in [6.45, 7) is 9.22. The summed E-state index contributed by atoms with van der Waals surface area (Å²) in [7, 11) is 0. The number of nitrogens with zero attached hydrogens (tertiary/aromatic N) is 1. The largest absolute Gasteiger partial charge is 0.484 e. The summed E-state index contributed by atoms with van der Waals surface area (Å²) in [5.41, 5.74) is 5.76. The Bertz CT molecular complexity index is 432. The van der Waals surface area contributed by atoms with Crippen LogP contribution in [0.5, 0.6) is 5.75 Å². The molecule has 0 aliphatic carbocycles. The maximum atomic E-state index is 11.6. The predicted octanol–water partition coefficient (Wildman–Crippen LogP) is 2.09. The average Bonchev–Trinajstić information content (AvgIpc) is 2.68. The van der Waals surface area contributed by atoms with Gasteiger partial charge in [-0.15, -0.1) is 0 Å². The van der Waals surface area contributed by atoms with Crippen molar-refractivity contribution >= 4 is 28.3 Å². The second-order valence-electron chi connectivity index (χ2n) is 5.27. The van der Waals surface area contributed by atoms with Crippen LogP contribution in [-0.2, 0) is 4.79 Å². The van der Waals surface area contributed by atoms with E-state index in [1.165, 1.54) is 11.5 Å². The van der Waals surface area contributed by atoms with Crippen molar-refractivity contribution < 1.29 is 9.53 Å². The predicted molar refractivity (Wildman–Crippen MR) is 83.2 cm³/mol. The van der Waals surface area contributed by atoms with Crippen molar-refractivity contribution in [3.63, 3.8) is 0 Å². The minimum atomic E-state index is 0.0311. The Morgan fingerprint density at radius 1 is 1.40 bits per heavy atom. The van der Waals surface area contributed by atoms with Crippen molar-refractivity contribution in [2.75, 3.05) is 24.1 Å². The van der Waals surface area contributed by atoms with Crippen LogP contribution in [0.15, 0.2) is 0 Å². The van der Waals surface area contributed by atoms with Crippen LogP contribution < -0.4 is 21.1 Å². The number of rotatable bonds is 8. The highest BCUT2D eigenvalue weighted by atomic mass is 32.1. The van der Waals surface area contributed by atoms with E-state index >= 15 is 0 Å². The molecule has 0 saturated carbocycles. The lowest BCUT2D eigenvalue weighted by molar-refractivity contribution is -0.120. The van der Waals surface area contributed by atoms with E-state index in [0.717, 1.165) is 5.00 Å². The van der Waals surface area contributed by atoms with E-state index in [9.17, 15) is 4.79 Å². The van der Waals surface area contributed by atoms with Gasteiger partial charge in [0.1, 0.15) is 0 Å². The second-order valence-corrected chi connectivity index (χ2v) is 6.04. The number of hydrogen-bond acceptors (Lipinski definition) is 6. The van der Waals surface area contributed by atoms with Crippen LogP contribution in [-0.4, -0.2) is 29.5 Å². The number of ether oxygens (including phenoxy) is 1. The number of anilines is 2. The maximum absolute atomic E-state index is 11.6. The highest BCUT2D eigenvalue weighted by molar-refractivity contribution is 7.11. The third-order valence-corrected chi connectivity index (χ3v) is 3.17. The normalized spacial score (nSPS) is 10.9. The maximum Gasteiger partial charge on any atom is 0.221 e. The van der Waals surface area contributed by atoms with E-state index in [2.05, 4.69) is 28.9 Å². The van der Waals surface area contributed by atoms with Gasteiger partial charge in [0.2, 0.25) is 5.91 Å². The van der Waals surface area contributed by atoms with Gasteiger partial charge in [-0.2, -0.15) is 4.37 Å².